The minimum Gasteiger partial charge on any atom is -0.185 e. The lowest BCUT2D eigenvalue weighted by Gasteiger charge is -2.26. The number of rotatable bonds is 3. The number of thioether (sulfide) groups is 1. The molecule has 0 unspecified atom stereocenters. The molecule has 1 fully saturated rings. The van der Waals surface area contributed by atoms with Gasteiger partial charge in [-0.25, -0.2) is 0 Å². The normalized spacial score (nSPS) is 20.9. The van der Waals surface area contributed by atoms with Crippen molar-refractivity contribution in [3.8, 4) is 16.5 Å². The summed E-state index contributed by atoms with van der Waals surface area (Å²) >= 11 is 1.23. The third kappa shape index (κ3) is 3.79. The molecule has 0 atom stereocenters. The highest BCUT2D eigenvalue weighted by Gasteiger charge is 2.19. The molecule has 2 heteroatoms. The van der Waals surface area contributed by atoms with Crippen LogP contribution in [0.25, 0.3) is 11.1 Å². The Bertz CT molecular complexity index is 704. The van der Waals surface area contributed by atoms with Crippen molar-refractivity contribution in [1.82, 2.24) is 0 Å². The average molecular weight is 321 g/mol. The Hall–Kier alpha value is -1.72. The zero-order valence-corrected chi connectivity index (χ0v) is 14.7. The second-order valence-corrected chi connectivity index (χ2v) is 7.58. The average Bonchev–Trinajstić information content (AvgIpc) is 2.58. The fourth-order valence-electron chi connectivity index (χ4n) is 3.53. The van der Waals surface area contributed by atoms with Gasteiger partial charge in [0.15, 0.2) is 0 Å². The van der Waals surface area contributed by atoms with Gasteiger partial charge in [0, 0.05) is 4.90 Å². The zero-order chi connectivity index (χ0) is 16.2. The van der Waals surface area contributed by atoms with Gasteiger partial charge in [0.05, 0.1) is 0 Å². The molecule has 118 valence electrons. The predicted molar refractivity (Wildman–Crippen MR) is 98.5 cm³/mol. The van der Waals surface area contributed by atoms with Crippen LogP contribution >= 0.6 is 11.8 Å². The first-order valence-electron chi connectivity index (χ1n) is 8.44. The van der Waals surface area contributed by atoms with Gasteiger partial charge in [0.1, 0.15) is 5.40 Å². The molecule has 1 aliphatic carbocycles. The van der Waals surface area contributed by atoms with E-state index in [1.165, 1.54) is 59.7 Å². The van der Waals surface area contributed by atoms with Crippen molar-refractivity contribution in [2.24, 2.45) is 5.92 Å². The first-order chi connectivity index (χ1) is 11.2. The molecular weight excluding hydrogens is 298 g/mol. The van der Waals surface area contributed by atoms with Crippen LogP contribution in [0.5, 0.6) is 0 Å². The summed E-state index contributed by atoms with van der Waals surface area (Å²) in [5.74, 6) is 1.65. The molecule has 2 aromatic carbocycles. The van der Waals surface area contributed by atoms with Gasteiger partial charge in [-0.05, 0) is 71.7 Å². The van der Waals surface area contributed by atoms with Crippen LogP contribution in [0.3, 0.4) is 0 Å². The minimum absolute atomic E-state index is 0.747. The van der Waals surface area contributed by atoms with E-state index in [1.54, 1.807) is 0 Å². The molecule has 0 aliphatic heterocycles. The number of aryl methyl sites for hydroxylation is 1. The molecular formula is C21H23NS. The predicted octanol–water partition coefficient (Wildman–Crippen LogP) is 6.53. The third-order valence-corrected chi connectivity index (χ3v) is 5.83. The molecule has 2 aromatic rings. The van der Waals surface area contributed by atoms with Gasteiger partial charge in [0.2, 0.25) is 0 Å². The Labute approximate surface area is 143 Å². The topological polar surface area (TPSA) is 23.8 Å². The highest BCUT2D eigenvalue weighted by Crippen LogP contribution is 2.36. The summed E-state index contributed by atoms with van der Waals surface area (Å²) in [6.45, 7) is 4.44. The SMILES string of the molecule is Cc1cc(-c2ccc(C3CCC(C)CC3)cc2)ccc1SC#N. The number of thiocyanates is 1. The molecule has 0 amide bonds. The first-order valence-corrected chi connectivity index (χ1v) is 9.26. The maximum atomic E-state index is 8.81. The van der Waals surface area contributed by atoms with Crippen molar-refractivity contribution < 1.29 is 0 Å². The van der Waals surface area contributed by atoms with Crippen molar-refractivity contribution in [3.05, 3.63) is 53.6 Å². The molecule has 0 spiro atoms. The van der Waals surface area contributed by atoms with Crippen LogP contribution in [0.2, 0.25) is 0 Å². The second-order valence-electron chi connectivity index (χ2n) is 6.75. The lowest BCUT2D eigenvalue weighted by molar-refractivity contribution is 0.348. The molecule has 0 aromatic heterocycles. The van der Waals surface area contributed by atoms with E-state index >= 15 is 0 Å². The van der Waals surface area contributed by atoms with Gasteiger partial charge >= 0.3 is 0 Å². The van der Waals surface area contributed by atoms with Crippen molar-refractivity contribution in [3.63, 3.8) is 0 Å². The number of benzene rings is 2. The number of hydrogen-bond acceptors (Lipinski definition) is 2. The molecule has 3 rings (SSSR count). The molecule has 0 radical (unpaired) electrons. The fraction of sp³-hybridized carbons (Fsp3) is 0.381. The summed E-state index contributed by atoms with van der Waals surface area (Å²) in [7, 11) is 0. The number of nitrogens with zero attached hydrogens (tertiary/aromatic N) is 1. The smallest absolute Gasteiger partial charge is 0.138 e. The largest absolute Gasteiger partial charge is 0.185 e. The summed E-state index contributed by atoms with van der Waals surface area (Å²) in [5.41, 5.74) is 5.15. The van der Waals surface area contributed by atoms with Gasteiger partial charge in [0.25, 0.3) is 0 Å². The van der Waals surface area contributed by atoms with Crippen LogP contribution in [0.1, 0.15) is 49.7 Å². The van der Waals surface area contributed by atoms with E-state index in [-0.39, 0.29) is 0 Å². The Kier molecular flexibility index (Phi) is 5.08. The van der Waals surface area contributed by atoms with E-state index in [9.17, 15) is 0 Å². The molecule has 0 N–H and O–H groups in total. The summed E-state index contributed by atoms with van der Waals surface area (Å²) in [5, 5.41) is 11.0. The number of nitriles is 1. The first kappa shape index (κ1) is 16.1. The Morgan fingerprint density at radius 2 is 1.61 bits per heavy atom. The highest BCUT2D eigenvalue weighted by atomic mass is 32.2. The van der Waals surface area contributed by atoms with E-state index in [0.29, 0.717) is 0 Å². The highest BCUT2D eigenvalue weighted by molar-refractivity contribution is 8.03. The van der Waals surface area contributed by atoms with Gasteiger partial charge in [-0.15, -0.1) is 0 Å². The van der Waals surface area contributed by atoms with E-state index < -0.39 is 0 Å². The quantitative estimate of drug-likeness (QED) is 0.474. The van der Waals surface area contributed by atoms with Crippen molar-refractivity contribution in [2.75, 3.05) is 0 Å². The summed E-state index contributed by atoms with van der Waals surface area (Å²) in [6.07, 6.45) is 5.40. The minimum atomic E-state index is 0.747. The van der Waals surface area contributed by atoms with Crippen molar-refractivity contribution >= 4 is 11.8 Å². The molecule has 0 saturated heterocycles. The maximum Gasteiger partial charge on any atom is 0.138 e. The number of hydrogen-bond donors (Lipinski definition) is 0. The van der Waals surface area contributed by atoms with Crippen molar-refractivity contribution in [2.45, 2.75) is 50.3 Å². The van der Waals surface area contributed by atoms with E-state index in [2.05, 4.69) is 61.7 Å². The van der Waals surface area contributed by atoms with E-state index in [4.69, 9.17) is 5.26 Å². The molecule has 1 nitrogen and oxygen atoms in total. The standard InChI is InChI=1S/C21H23NS/c1-15-3-5-17(6-4-15)18-7-9-19(10-8-18)20-11-12-21(23-14-22)16(2)13-20/h7-13,15,17H,3-6H2,1-2H3. The van der Waals surface area contributed by atoms with Crippen LogP contribution in [0.15, 0.2) is 47.4 Å². The lowest BCUT2D eigenvalue weighted by atomic mass is 9.79. The third-order valence-electron chi connectivity index (χ3n) is 5.06. The zero-order valence-electron chi connectivity index (χ0n) is 13.9. The summed E-state index contributed by atoms with van der Waals surface area (Å²) in [4.78, 5) is 1.05. The maximum absolute atomic E-state index is 8.81. The van der Waals surface area contributed by atoms with Gasteiger partial charge in [-0.2, -0.15) is 5.26 Å². The van der Waals surface area contributed by atoms with E-state index in [0.717, 1.165) is 16.7 Å². The van der Waals surface area contributed by atoms with Gasteiger partial charge in [-0.3, -0.25) is 0 Å². The van der Waals surface area contributed by atoms with Crippen LogP contribution in [-0.4, -0.2) is 0 Å². The van der Waals surface area contributed by atoms with Crippen LogP contribution in [0.4, 0.5) is 0 Å². The summed E-state index contributed by atoms with van der Waals surface area (Å²) < 4.78 is 0. The molecule has 0 bridgehead atoms. The van der Waals surface area contributed by atoms with Gasteiger partial charge in [-0.1, -0.05) is 56.2 Å². The Morgan fingerprint density at radius 3 is 2.22 bits per heavy atom. The van der Waals surface area contributed by atoms with Crippen LogP contribution < -0.4 is 0 Å². The molecule has 1 aliphatic rings. The second kappa shape index (κ2) is 7.23. The molecule has 0 heterocycles. The van der Waals surface area contributed by atoms with Crippen LogP contribution in [-0.2, 0) is 0 Å². The Morgan fingerprint density at radius 1 is 0.957 bits per heavy atom. The van der Waals surface area contributed by atoms with Gasteiger partial charge < -0.3 is 0 Å². The van der Waals surface area contributed by atoms with E-state index in [1.807, 2.05) is 0 Å². The molecule has 23 heavy (non-hydrogen) atoms. The Balaban J connectivity index is 1.77. The monoisotopic (exact) mass is 321 g/mol. The fourth-order valence-corrected chi connectivity index (χ4v) is 3.99. The molecule has 1 saturated carbocycles. The lowest BCUT2D eigenvalue weighted by Crippen LogP contribution is -2.10. The van der Waals surface area contributed by atoms with Crippen molar-refractivity contribution in [1.29, 1.82) is 5.26 Å². The van der Waals surface area contributed by atoms with Crippen LogP contribution in [0, 0.1) is 23.5 Å². The summed E-state index contributed by atoms with van der Waals surface area (Å²) in [6, 6.07) is 15.5.